The van der Waals surface area contributed by atoms with Gasteiger partial charge in [0, 0.05) is 17.9 Å². The van der Waals surface area contributed by atoms with Gasteiger partial charge in [0.05, 0.1) is 16.5 Å². The van der Waals surface area contributed by atoms with Crippen molar-refractivity contribution < 1.29 is 17.6 Å². The number of rotatable bonds is 3. The van der Waals surface area contributed by atoms with Crippen LogP contribution in [-0.2, 0) is 10.0 Å². The molecule has 1 saturated heterocycles. The number of amides is 2. The maximum absolute atomic E-state index is 12.9. The topological polar surface area (TPSA) is 78.5 Å². The van der Waals surface area contributed by atoms with E-state index in [9.17, 15) is 17.6 Å². The normalized spacial score (nSPS) is 15.8. The van der Waals surface area contributed by atoms with Gasteiger partial charge in [-0.05, 0) is 48.9 Å². The van der Waals surface area contributed by atoms with Crippen LogP contribution < -0.4 is 14.9 Å². The molecule has 0 radical (unpaired) electrons. The Balaban J connectivity index is 1.76. The van der Waals surface area contributed by atoms with E-state index in [2.05, 4.69) is 10.6 Å². The number of nitrogens with one attached hydrogen (secondary N) is 2. The second kappa shape index (κ2) is 6.89. The van der Waals surface area contributed by atoms with E-state index in [1.165, 1.54) is 40.7 Å². The third-order valence-corrected chi connectivity index (χ3v) is 5.85. The van der Waals surface area contributed by atoms with Crippen LogP contribution in [0.3, 0.4) is 0 Å². The van der Waals surface area contributed by atoms with Gasteiger partial charge in [-0.25, -0.2) is 17.6 Å². The van der Waals surface area contributed by atoms with Gasteiger partial charge in [0.15, 0.2) is 0 Å². The predicted octanol–water partition coefficient (Wildman–Crippen LogP) is 3.66. The van der Waals surface area contributed by atoms with Gasteiger partial charge in [0.2, 0.25) is 10.0 Å². The number of sulfonamides is 1. The van der Waals surface area contributed by atoms with E-state index in [0.717, 1.165) is 0 Å². The van der Waals surface area contributed by atoms with Crippen molar-refractivity contribution in [2.24, 2.45) is 0 Å². The number of carbonyl (C=O) groups excluding carboxylic acids is 1. The smallest absolute Gasteiger partial charge is 0.308 e. The molecule has 6 nitrogen and oxygen atoms in total. The molecule has 1 heterocycles. The molecule has 2 amide bonds. The Bertz CT molecular complexity index is 903. The molecule has 0 bridgehead atoms. The van der Waals surface area contributed by atoms with Crippen LogP contribution in [0.15, 0.2) is 42.5 Å². The second-order valence-electron chi connectivity index (χ2n) is 5.49. The van der Waals surface area contributed by atoms with Crippen molar-refractivity contribution in [3.8, 4) is 0 Å². The molecule has 1 aliphatic heterocycles. The van der Waals surface area contributed by atoms with E-state index in [1.807, 2.05) is 0 Å². The zero-order valence-corrected chi connectivity index (χ0v) is 14.6. The number of anilines is 3. The van der Waals surface area contributed by atoms with Crippen LogP contribution in [0.5, 0.6) is 0 Å². The molecule has 0 aromatic heterocycles. The fraction of sp³-hybridized carbons (Fsp3) is 0.188. The van der Waals surface area contributed by atoms with Crippen LogP contribution in [0.4, 0.5) is 26.2 Å². The summed E-state index contributed by atoms with van der Waals surface area (Å²) >= 11 is 6.11. The Labute approximate surface area is 149 Å². The first kappa shape index (κ1) is 17.5. The van der Waals surface area contributed by atoms with Crippen LogP contribution in [0.1, 0.15) is 6.42 Å². The van der Waals surface area contributed by atoms with E-state index in [1.54, 1.807) is 6.07 Å². The number of hydrogen-bond acceptors (Lipinski definition) is 3. The number of nitrogens with zero attached hydrogens (tertiary/aromatic N) is 1. The standard InChI is InChI=1S/C16H15ClFN3O3S/c17-14-7-6-13(10-15(14)21-8-1-9-25(21,23)24)20-16(22)19-12-4-2-11(18)3-5-12/h2-7,10H,1,8-9H2,(H2,19,20,22). The highest BCUT2D eigenvalue weighted by atomic mass is 35.5. The first-order valence-corrected chi connectivity index (χ1v) is 9.47. The van der Waals surface area contributed by atoms with E-state index in [-0.39, 0.29) is 10.8 Å². The first-order chi connectivity index (χ1) is 11.8. The molecule has 1 fully saturated rings. The lowest BCUT2D eigenvalue weighted by Crippen LogP contribution is -2.26. The van der Waals surface area contributed by atoms with Gasteiger partial charge < -0.3 is 10.6 Å². The van der Waals surface area contributed by atoms with Gasteiger partial charge in [-0.15, -0.1) is 0 Å². The highest BCUT2D eigenvalue weighted by molar-refractivity contribution is 7.93. The average Bonchev–Trinajstić information content (AvgIpc) is 2.90. The molecular formula is C16H15ClFN3O3S. The SMILES string of the molecule is O=C(Nc1ccc(F)cc1)Nc1ccc(Cl)c(N2CCCS2(=O)=O)c1. The highest BCUT2D eigenvalue weighted by Gasteiger charge is 2.30. The Morgan fingerprint density at radius 1 is 1.08 bits per heavy atom. The van der Waals surface area contributed by atoms with Gasteiger partial charge >= 0.3 is 6.03 Å². The summed E-state index contributed by atoms with van der Waals surface area (Å²) in [4.78, 5) is 12.0. The molecule has 0 aliphatic carbocycles. The maximum atomic E-state index is 12.9. The molecule has 0 atom stereocenters. The zero-order valence-electron chi connectivity index (χ0n) is 13.0. The van der Waals surface area contributed by atoms with Gasteiger partial charge in [0.25, 0.3) is 0 Å². The van der Waals surface area contributed by atoms with Gasteiger partial charge in [0.1, 0.15) is 5.82 Å². The van der Waals surface area contributed by atoms with E-state index >= 15 is 0 Å². The Morgan fingerprint density at radius 3 is 2.36 bits per heavy atom. The zero-order chi connectivity index (χ0) is 18.0. The molecule has 25 heavy (non-hydrogen) atoms. The minimum Gasteiger partial charge on any atom is -0.308 e. The molecule has 2 aromatic rings. The molecule has 0 unspecified atom stereocenters. The summed E-state index contributed by atoms with van der Waals surface area (Å²) in [5, 5.41) is 5.44. The molecule has 9 heteroatoms. The fourth-order valence-electron chi connectivity index (χ4n) is 2.52. The lowest BCUT2D eigenvalue weighted by Gasteiger charge is -2.19. The number of urea groups is 1. The maximum Gasteiger partial charge on any atom is 0.323 e. The minimum absolute atomic E-state index is 0.0754. The summed E-state index contributed by atoms with van der Waals surface area (Å²) < 4.78 is 38.2. The molecule has 0 saturated carbocycles. The fourth-order valence-corrected chi connectivity index (χ4v) is 4.36. The molecule has 3 rings (SSSR count). The van der Waals surface area contributed by atoms with Crippen LogP contribution in [0.25, 0.3) is 0 Å². The lowest BCUT2D eigenvalue weighted by atomic mass is 10.2. The molecule has 2 aromatic carbocycles. The van der Waals surface area contributed by atoms with Crippen molar-refractivity contribution >= 4 is 44.7 Å². The molecule has 1 aliphatic rings. The number of hydrogen-bond donors (Lipinski definition) is 2. The van der Waals surface area contributed by atoms with Crippen LogP contribution in [0.2, 0.25) is 5.02 Å². The lowest BCUT2D eigenvalue weighted by molar-refractivity contribution is 0.262. The van der Waals surface area contributed by atoms with E-state index < -0.39 is 21.9 Å². The summed E-state index contributed by atoms with van der Waals surface area (Å²) in [6, 6.07) is 9.39. The van der Waals surface area contributed by atoms with Crippen LogP contribution in [0, 0.1) is 5.82 Å². The molecular weight excluding hydrogens is 369 g/mol. The number of halogens is 2. The van der Waals surface area contributed by atoms with Crippen molar-refractivity contribution in [1.29, 1.82) is 0 Å². The summed E-state index contributed by atoms with van der Waals surface area (Å²) in [6.45, 7) is 0.354. The van der Waals surface area contributed by atoms with Crippen molar-refractivity contribution in [3.63, 3.8) is 0 Å². The first-order valence-electron chi connectivity index (χ1n) is 7.49. The second-order valence-corrected chi connectivity index (χ2v) is 7.91. The molecule has 0 spiro atoms. The van der Waals surface area contributed by atoms with E-state index in [0.29, 0.717) is 30.0 Å². The monoisotopic (exact) mass is 383 g/mol. The summed E-state index contributed by atoms with van der Waals surface area (Å²) in [5.41, 5.74) is 1.15. The molecule has 2 N–H and O–H groups in total. The van der Waals surface area contributed by atoms with Gasteiger partial charge in [-0.1, -0.05) is 11.6 Å². The van der Waals surface area contributed by atoms with E-state index in [4.69, 9.17) is 11.6 Å². The quantitative estimate of drug-likeness (QED) is 0.848. The van der Waals surface area contributed by atoms with Crippen molar-refractivity contribution in [3.05, 3.63) is 53.3 Å². The molecule has 132 valence electrons. The van der Waals surface area contributed by atoms with Gasteiger partial charge in [-0.3, -0.25) is 4.31 Å². The Hall–Kier alpha value is -2.32. The van der Waals surface area contributed by atoms with Crippen molar-refractivity contribution in [2.75, 3.05) is 27.2 Å². The summed E-state index contributed by atoms with van der Waals surface area (Å²) in [7, 11) is -3.38. The summed E-state index contributed by atoms with van der Waals surface area (Å²) in [5.74, 6) is -0.327. The number of carbonyl (C=O) groups is 1. The van der Waals surface area contributed by atoms with Crippen LogP contribution >= 0.6 is 11.6 Å². The predicted molar refractivity (Wildman–Crippen MR) is 96.2 cm³/mol. The van der Waals surface area contributed by atoms with Gasteiger partial charge in [-0.2, -0.15) is 0 Å². The Morgan fingerprint density at radius 2 is 1.72 bits per heavy atom. The summed E-state index contributed by atoms with van der Waals surface area (Å²) in [6.07, 6.45) is 0.529. The van der Waals surface area contributed by atoms with Crippen molar-refractivity contribution in [1.82, 2.24) is 0 Å². The largest absolute Gasteiger partial charge is 0.323 e. The third kappa shape index (κ3) is 4.02. The minimum atomic E-state index is -3.38. The van der Waals surface area contributed by atoms with Crippen molar-refractivity contribution in [2.45, 2.75) is 6.42 Å². The Kier molecular flexibility index (Phi) is 4.82. The van der Waals surface area contributed by atoms with Crippen LogP contribution in [-0.4, -0.2) is 26.7 Å². The average molecular weight is 384 g/mol. The third-order valence-electron chi connectivity index (χ3n) is 3.67. The number of benzene rings is 2. The highest BCUT2D eigenvalue weighted by Crippen LogP contribution is 2.33.